The highest BCUT2D eigenvalue weighted by molar-refractivity contribution is 5.18. The molecule has 0 aliphatic heterocycles. The van der Waals surface area contributed by atoms with Gasteiger partial charge in [-0.3, -0.25) is 0 Å². The molecule has 0 amide bonds. The first kappa shape index (κ1) is 14.2. The van der Waals surface area contributed by atoms with E-state index in [1.807, 2.05) is 18.2 Å². The molecular formula is C15H25NO. The second-order valence-corrected chi connectivity index (χ2v) is 4.67. The third-order valence-electron chi connectivity index (χ3n) is 3.16. The van der Waals surface area contributed by atoms with Gasteiger partial charge >= 0.3 is 0 Å². The molecule has 17 heavy (non-hydrogen) atoms. The van der Waals surface area contributed by atoms with E-state index in [0.29, 0.717) is 5.92 Å². The largest absolute Gasteiger partial charge is 0.381 e. The van der Waals surface area contributed by atoms with Gasteiger partial charge in [0.15, 0.2) is 0 Å². The van der Waals surface area contributed by atoms with Crippen LogP contribution in [0.3, 0.4) is 0 Å². The maximum atomic E-state index is 6.22. The van der Waals surface area contributed by atoms with Crippen LogP contribution in [0.4, 0.5) is 0 Å². The monoisotopic (exact) mass is 235 g/mol. The van der Waals surface area contributed by atoms with Gasteiger partial charge in [-0.15, -0.1) is 0 Å². The van der Waals surface area contributed by atoms with E-state index < -0.39 is 0 Å². The zero-order valence-corrected chi connectivity index (χ0v) is 11.1. The van der Waals surface area contributed by atoms with Crippen molar-refractivity contribution in [3.05, 3.63) is 35.9 Å². The van der Waals surface area contributed by atoms with E-state index in [-0.39, 0.29) is 6.04 Å². The van der Waals surface area contributed by atoms with Crippen LogP contribution in [0, 0.1) is 5.92 Å². The first-order valence-electron chi connectivity index (χ1n) is 6.64. The summed E-state index contributed by atoms with van der Waals surface area (Å²) < 4.78 is 5.58. The van der Waals surface area contributed by atoms with Crippen molar-refractivity contribution in [1.29, 1.82) is 0 Å². The Labute approximate surface area is 105 Å². The summed E-state index contributed by atoms with van der Waals surface area (Å²) >= 11 is 0. The summed E-state index contributed by atoms with van der Waals surface area (Å²) in [7, 11) is 0. The highest BCUT2D eigenvalue weighted by Gasteiger charge is 2.13. The Morgan fingerprint density at radius 3 is 2.53 bits per heavy atom. The summed E-state index contributed by atoms with van der Waals surface area (Å²) in [4.78, 5) is 0. The summed E-state index contributed by atoms with van der Waals surface area (Å²) in [6.45, 7) is 6.07. The summed E-state index contributed by atoms with van der Waals surface area (Å²) in [5.74, 6) is 0.457. The van der Waals surface area contributed by atoms with E-state index in [4.69, 9.17) is 10.5 Å². The van der Waals surface area contributed by atoms with E-state index in [2.05, 4.69) is 26.0 Å². The molecule has 0 bridgehead atoms. The minimum atomic E-state index is 0.117. The van der Waals surface area contributed by atoms with Gasteiger partial charge < -0.3 is 10.5 Å². The fourth-order valence-electron chi connectivity index (χ4n) is 1.80. The van der Waals surface area contributed by atoms with Gasteiger partial charge in [0.1, 0.15) is 0 Å². The van der Waals surface area contributed by atoms with Crippen LogP contribution in [-0.4, -0.2) is 13.2 Å². The summed E-state index contributed by atoms with van der Waals surface area (Å²) in [6, 6.07) is 10.4. The molecular weight excluding hydrogens is 210 g/mol. The molecule has 2 heteroatoms. The number of hydrogen-bond acceptors (Lipinski definition) is 2. The second kappa shape index (κ2) is 8.26. The SMILES string of the molecule is CCCCOCCC(C)C(N)c1ccccc1. The number of rotatable bonds is 8. The van der Waals surface area contributed by atoms with Crippen molar-refractivity contribution >= 4 is 0 Å². The lowest BCUT2D eigenvalue weighted by Gasteiger charge is -2.20. The minimum Gasteiger partial charge on any atom is -0.381 e. The molecule has 1 aromatic carbocycles. The highest BCUT2D eigenvalue weighted by Crippen LogP contribution is 2.21. The number of hydrogen-bond donors (Lipinski definition) is 1. The fraction of sp³-hybridized carbons (Fsp3) is 0.600. The van der Waals surface area contributed by atoms with Gasteiger partial charge in [0.2, 0.25) is 0 Å². The Morgan fingerprint density at radius 1 is 1.18 bits per heavy atom. The van der Waals surface area contributed by atoms with Crippen molar-refractivity contribution < 1.29 is 4.74 Å². The lowest BCUT2D eigenvalue weighted by atomic mass is 9.93. The smallest absolute Gasteiger partial charge is 0.0469 e. The van der Waals surface area contributed by atoms with Gasteiger partial charge in [0, 0.05) is 19.3 Å². The van der Waals surface area contributed by atoms with Crippen LogP contribution in [0.25, 0.3) is 0 Å². The van der Waals surface area contributed by atoms with Gasteiger partial charge in [-0.25, -0.2) is 0 Å². The van der Waals surface area contributed by atoms with Crippen molar-refractivity contribution in [1.82, 2.24) is 0 Å². The average molecular weight is 235 g/mol. The molecule has 0 spiro atoms. The van der Waals surface area contributed by atoms with Gasteiger partial charge in [0.25, 0.3) is 0 Å². The number of unbranched alkanes of at least 4 members (excludes halogenated alkanes) is 1. The predicted molar refractivity (Wildman–Crippen MR) is 72.9 cm³/mol. The molecule has 96 valence electrons. The quantitative estimate of drug-likeness (QED) is 0.700. The Kier molecular flexibility index (Phi) is 6.90. The van der Waals surface area contributed by atoms with Crippen LogP contribution < -0.4 is 5.73 Å². The molecule has 2 unspecified atom stereocenters. The third-order valence-corrected chi connectivity index (χ3v) is 3.16. The number of ether oxygens (including phenoxy) is 1. The Bertz CT molecular complexity index is 286. The fourth-order valence-corrected chi connectivity index (χ4v) is 1.80. The van der Waals surface area contributed by atoms with Crippen molar-refractivity contribution in [3.8, 4) is 0 Å². The predicted octanol–water partition coefficient (Wildman–Crippen LogP) is 3.53. The third kappa shape index (κ3) is 5.33. The molecule has 0 aromatic heterocycles. The topological polar surface area (TPSA) is 35.2 Å². The Balaban J connectivity index is 2.25. The van der Waals surface area contributed by atoms with Crippen LogP contribution >= 0.6 is 0 Å². The summed E-state index contributed by atoms with van der Waals surface area (Å²) in [5.41, 5.74) is 7.44. The van der Waals surface area contributed by atoms with E-state index in [0.717, 1.165) is 26.1 Å². The standard InChI is InChI=1S/C15H25NO/c1-3-4-11-17-12-10-13(2)15(16)14-8-6-5-7-9-14/h5-9,13,15H,3-4,10-12,16H2,1-2H3. The Morgan fingerprint density at radius 2 is 1.88 bits per heavy atom. The van der Waals surface area contributed by atoms with Crippen LogP contribution in [0.2, 0.25) is 0 Å². The molecule has 0 saturated heterocycles. The van der Waals surface area contributed by atoms with Crippen molar-refractivity contribution in [2.75, 3.05) is 13.2 Å². The lowest BCUT2D eigenvalue weighted by molar-refractivity contribution is 0.116. The summed E-state index contributed by atoms with van der Waals surface area (Å²) in [5, 5.41) is 0. The van der Waals surface area contributed by atoms with Gasteiger partial charge in [-0.1, -0.05) is 50.6 Å². The van der Waals surface area contributed by atoms with Crippen LogP contribution in [0.1, 0.15) is 44.7 Å². The van der Waals surface area contributed by atoms with Gasteiger partial charge in [0.05, 0.1) is 0 Å². The number of benzene rings is 1. The molecule has 0 radical (unpaired) electrons. The molecule has 1 rings (SSSR count). The Hall–Kier alpha value is -0.860. The van der Waals surface area contributed by atoms with E-state index in [1.165, 1.54) is 12.0 Å². The average Bonchev–Trinajstić information content (AvgIpc) is 2.38. The highest BCUT2D eigenvalue weighted by atomic mass is 16.5. The molecule has 0 fully saturated rings. The molecule has 2 atom stereocenters. The zero-order chi connectivity index (χ0) is 12.5. The number of nitrogens with two attached hydrogens (primary N) is 1. The van der Waals surface area contributed by atoms with Gasteiger partial charge in [-0.2, -0.15) is 0 Å². The van der Waals surface area contributed by atoms with Crippen LogP contribution in [-0.2, 0) is 4.74 Å². The molecule has 0 heterocycles. The van der Waals surface area contributed by atoms with Crippen molar-refractivity contribution in [3.63, 3.8) is 0 Å². The molecule has 0 saturated carbocycles. The lowest BCUT2D eigenvalue weighted by Crippen LogP contribution is -2.20. The normalized spacial score (nSPS) is 14.5. The molecule has 2 nitrogen and oxygen atoms in total. The van der Waals surface area contributed by atoms with E-state index >= 15 is 0 Å². The minimum absolute atomic E-state index is 0.117. The van der Waals surface area contributed by atoms with Crippen LogP contribution in [0.15, 0.2) is 30.3 Å². The molecule has 0 aliphatic carbocycles. The van der Waals surface area contributed by atoms with E-state index in [9.17, 15) is 0 Å². The molecule has 1 aromatic rings. The van der Waals surface area contributed by atoms with Gasteiger partial charge in [-0.05, 0) is 24.3 Å². The maximum Gasteiger partial charge on any atom is 0.0469 e. The first-order chi connectivity index (χ1) is 8.25. The zero-order valence-electron chi connectivity index (χ0n) is 11.1. The second-order valence-electron chi connectivity index (χ2n) is 4.67. The molecule has 2 N–H and O–H groups in total. The molecule has 0 aliphatic rings. The summed E-state index contributed by atoms with van der Waals surface area (Å²) in [6.07, 6.45) is 3.37. The van der Waals surface area contributed by atoms with E-state index in [1.54, 1.807) is 0 Å². The van der Waals surface area contributed by atoms with Crippen LogP contribution in [0.5, 0.6) is 0 Å². The maximum absolute atomic E-state index is 6.22. The van der Waals surface area contributed by atoms with Crippen molar-refractivity contribution in [2.24, 2.45) is 11.7 Å². The van der Waals surface area contributed by atoms with Crippen molar-refractivity contribution in [2.45, 2.75) is 39.2 Å². The first-order valence-corrected chi connectivity index (χ1v) is 6.64.